The van der Waals surface area contributed by atoms with Crippen LogP contribution in [0, 0.1) is 11.8 Å². The first kappa shape index (κ1) is 15.9. The quantitative estimate of drug-likeness (QED) is 0.816. The van der Waals surface area contributed by atoms with E-state index in [0.29, 0.717) is 19.3 Å². The molecule has 1 saturated carbocycles. The second kappa shape index (κ2) is 7.08. The number of aliphatic carboxylic acids is 1. The number of amides is 1. The molecule has 0 spiro atoms. The van der Waals surface area contributed by atoms with Crippen LogP contribution in [0.4, 0.5) is 0 Å². The summed E-state index contributed by atoms with van der Waals surface area (Å²) < 4.78 is 1.81. The standard InChI is InChI=1S/C15H23N5O3/c21-14(12-1-2-13(9-12)15(22)23)19-6-3-18(4-7-19)5-8-20-11-16-10-17-20/h10-13H,1-9H2,(H,22,23)/t12-,13+/m0/s1. The molecule has 1 aromatic heterocycles. The minimum absolute atomic E-state index is 0.0993. The Labute approximate surface area is 135 Å². The minimum atomic E-state index is -0.766. The fourth-order valence-corrected chi connectivity index (χ4v) is 3.47. The molecule has 1 N–H and O–H groups in total. The van der Waals surface area contributed by atoms with E-state index in [9.17, 15) is 9.59 Å². The normalized spacial score (nSPS) is 25.7. The summed E-state index contributed by atoms with van der Waals surface area (Å²) >= 11 is 0. The summed E-state index contributed by atoms with van der Waals surface area (Å²) in [6, 6.07) is 0. The highest BCUT2D eigenvalue weighted by Crippen LogP contribution is 2.32. The molecule has 0 bridgehead atoms. The topological polar surface area (TPSA) is 91.6 Å². The van der Waals surface area contributed by atoms with E-state index >= 15 is 0 Å². The Kier molecular flexibility index (Phi) is 4.90. The maximum atomic E-state index is 12.5. The Morgan fingerprint density at radius 3 is 2.43 bits per heavy atom. The van der Waals surface area contributed by atoms with Gasteiger partial charge in [0.1, 0.15) is 12.7 Å². The van der Waals surface area contributed by atoms with Crippen molar-refractivity contribution < 1.29 is 14.7 Å². The number of carboxylic acid groups (broad SMARTS) is 1. The molecule has 23 heavy (non-hydrogen) atoms. The number of rotatable bonds is 5. The molecule has 2 atom stereocenters. The number of carbonyl (C=O) groups excluding carboxylic acids is 1. The molecule has 1 aromatic rings. The van der Waals surface area contributed by atoms with Crippen LogP contribution in [0.15, 0.2) is 12.7 Å². The third-order valence-corrected chi connectivity index (χ3v) is 4.93. The Morgan fingerprint density at radius 1 is 1.09 bits per heavy atom. The summed E-state index contributed by atoms with van der Waals surface area (Å²) in [5, 5.41) is 13.1. The van der Waals surface area contributed by atoms with Crippen LogP contribution in [0.1, 0.15) is 19.3 Å². The van der Waals surface area contributed by atoms with Gasteiger partial charge in [0, 0.05) is 38.6 Å². The maximum Gasteiger partial charge on any atom is 0.306 e. The molecule has 1 saturated heterocycles. The number of aromatic nitrogens is 3. The van der Waals surface area contributed by atoms with E-state index in [2.05, 4.69) is 15.0 Å². The van der Waals surface area contributed by atoms with Crippen LogP contribution in [0.25, 0.3) is 0 Å². The molecule has 2 heterocycles. The summed E-state index contributed by atoms with van der Waals surface area (Å²) in [5.41, 5.74) is 0. The van der Waals surface area contributed by atoms with Gasteiger partial charge in [0.25, 0.3) is 0 Å². The van der Waals surface area contributed by atoms with Crippen molar-refractivity contribution in [3.63, 3.8) is 0 Å². The van der Waals surface area contributed by atoms with Crippen molar-refractivity contribution in [3.05, 3.63) is 12.7 Å². The summed E-state index contributed by atoms with van der Waals surface area (Å²) in [6.45, 7) is 4.87. The zero-order chi connectivity index (χ0) is 16.2. The first-order chi connectivity index (χ1) is 11.1. The van der Waals surface area contributed by atoms with Crippen LogP contribution in [0.5, 0.6) is 0 Å². The van der Waals surface area contributed by atoms with E-state index in [4.69, 9.17) is 5.11 Å². The predicted octanol–water partition coefficient (Wildman–Crippen LogP) is -0.0768. The highest BCUT2D eigenvalue weighted by atomic mass is 16.4. The lowest BCUT2D eigenvalue weighted by Crippen LogP contribution is -2.50. The first-order valence-corrected chi connectivity index (χ1v) is 8.20. The van der Waals surface area contributed by atoms with E-state index in [0.717, 1.165) is 39.3 Å². The van der Waals surface area contributed by atoms with E-state index in [1.165, 1.54) is 6.33 Å². The van der Waals surface area contributed by atoms with Gasteiger partial charge in [-0.3, -0.25) is 19.2 Å². The van der Waals surface area contributed by atoms with Crippen LogP contribution in [-0.4, -0.2) is 74.3 Å². The first-order valence-electron chi connectivity index (χ1n) is 8.20. The fraction of sp³-hybridized carbons (Fsp3) is 0.733. The molecular weight excluding hydrogens is 298 g/mol. The minimum Gasteiger partial charge on any atom is -0.481 e. The number of nitrogens with zero attached hydrogens (tertiary/aromatic N) is 5. The van der Waals surface area contributed by atoms with Gasteiger partial charge in [0.05, 0.1) is 12.5 Å². The van der Waals surface area contributed by atoms with Gasteiger partial charge in [0.15, 0.2) is 0 Å². The Bertz CT molecular complexity index is 539. The van der Waals surface area contributed by atoms with Crippen molar-refractivity contribution in [3.8, 4) is 0 Å². The van der Waals surface area contributed by atoms with Crippen molar-refractivity contribution in [1.82, 2.24) is 24.6 Å². The number of hydrogen-bond donors (Lipinski definition) is 1. The number of piperazine rings is 1. The maximum absolute atomic E-state index is 12.5. The molecule has 0 unspecified atom stereocenters. The van der Waals surface area contributed by atoms with Crippen LogP contribution in [0.2, 0.25) is 0 Å². The van der Waals surface area contributed by atoms with Crippen LogP contribution in [-0.2, 0) is 16.1 Å². The molecule has 3 rings (SSSR count). The smallest absolute Gasteiger partial charge is 0.306 e. The molecule has 1 aliphatic carbocycles. The molecule has 0 aromatic carbocycles. The van der Waals surface area contributed by atoms with Crippen LogP contribution in [0.3, 0.4) is 0 Å². The van der Waals surface area contributed by atoms with E-state index in [1.807, 2.05) is 9.58 Å². The highest BCUT2D eigenvalue weighted by molar-refractivity contribution is 5.81. The number of carboxylic acids is 1. The molecule has 8 nitrogen and oxygen atoms in total. The van der Waals surface area contributed by atoms with E-state index in [1.54, 1.807) is 6.33 Å². The summed E-state index contributed by atoms with van der Waals surface area (Å²) in [5.74, 6) is -1.06. The molecule has 0 radical (unpaired) electrons. The Balaban J connectivity index is 1.42. The van der Waals surface area contributed by atoms with Gasteiger partial charge in [-0.2, -0.15) is 5.10 Å². The van der Waals surface area contributed by atoms with E-state index in [-0.39, 0.29) is 17.7 Å². The lowest BCUT2D eigenvalue weighted by molar-refractivity contribution is -0.142. The lowest BCUT2D eigenvalue weighted by Gasteiger charge is -2.35. The van der Waals surface area contributed by atoms with Crippen LogP contribution < -0.4 is 0 Å². The van der Waals surface area contributed by atoms with Gasteiger partial charge >= 0.3 is 5.97 Å². The number of carbonyl (C=O) groups is 2. The van der Waals surface area contributed by atoms with Crippen molar-refractivity contribution in [1.29, 1.82) is 0 Å². The third kappa shape index (κ3) is 3.87. The molecule has 2 fully saturated rings. The summed E-state index contributed by atoms with van der Waals surface area (Å²) in [6.07, 6.45) is 5.08. The molecule has 8 heteroatoms. The van der Waals surface area contributed by atoms with Crippen molar-refractivity contribution in [2.75, 3.05) is 32.7 Å². The van der Waals surface area contributed by atoms with Crippen LogP contribution >= 0.6 is 0 Å². The molecule has 1 aliphatic heterocycles. The molecule has 1 amide bonds. The predicted molar refractivity (Wildman–Crippen MR) is 81.5 cm³/mol. The lowest BCUT2D eigenvalue weighted by atomic mass is 10.0. The molecular formula is C15H23N5O3. The van der Waals surface area contributed by atoms with Crippen molar-refractivity contribution in [2.45, 2.75) is 25.8 Å². The highest BCUT2D eigenvalue weighted by Gasteiger charge is 2.36. The fourth-order valence-electron chi connectivity index (χ4n) is 3.47. The van der Waals surface area contributed by atoms with Gasteiger partial charge in [-0.25, -0.2) is 4.98 Å². The van der Waals surface area contributed by atoms with Gasteiger partial charge < -0.3 is 10.0 Å². The van der Waals surface area contributed by atoms with E-state index < -0.39 is 5.97 Å². The van der Waals surface area contributed by atoms with Crippen molar-refractivity contribution >= 4 is 11.9 Å². The monoisotopic (exact) mass is 321 g/mol. The average molecular weight is 321 g/mol. The second-order valence-corrected chi connectivity index (χ2v) is 6.37. The molecule has 126 valence electrons. The van der Waals surface area contributed by atoms with Gasteiger partial charge in [-0.05, 0) is 19.3 Å². The summed E-state index contributed by atoms with van der Waals surface area (Å²) in [4.78, 5) is 31.7. The van der Waals surface area contributed by atoms with Gasteiger partial charge in [-0.1, -0.05) is 0 Å². The van der Waals surface area contributed by atoms with Crippen molar-refractivity contribution in [2.24, 2.45) is 11.8 Å². The number of hydrogen-bond acceptors (Lipinski definition) is 5. The average Bonchev–Trinajstić information content (AvgIpc) is 3.24. The van der Waals surface area contributed by atoms with Gasteiger partial charge in [0.2, 0.25) is 5.91 Å². The molecule has 2 aliphatic rings. The van der Waals surface area contributed by atoms with Gasteiger partial charge in [-0.15, -0.1) is 0 Å². The SMILES string of the molecule is O=C(O)[C@@H]1CC[C@H](C(=O)N2CCN(CCn3cncn3)CC2)C1. The zero-order valence-electron chi connectivity index (χ0n) is 13.2. The third-order valence-electron chi connectivity index (χ3n) is 4.93. The summed E-state index contributed by atoms with van der Waals surface area (Å²) in [7, 11) is 0. The second-order valence-electron chi connectivity index (χ2n) is 6.37. The Hall–Kier alpha value is -1.96. The largest absolute Gasteiger partial charge is 0.481 e. The Morgan fingerprint density at radius 2 is 1.83 bits per heavy atom. The zero-order valence-corrected chi connectivity index (χ0v) is 13.2.